The van der Waals surface area contributed by atoms with Gasteiger partial charge in [-0.3, -0.25) is 9.36 Å². The molecule has 3 aromatic rings. The Kier molecular flexibility index (Phi) is 7.52. The Hall–Kier alpha value is -2.32. The third-order valence-electron chi connectivity index (χ3n) is 6.28. The van der Waals surface area contributed by atoms with Gasteiger partial charge in [-0.25, -0.2) is 0 Å². The van der Waals surface area contributed by atoms with E-state index in [9.17, 15) is 4.79 Å². The lowest BCUT2D eigenvalue weighted by atomic mass is 9.95. The fraction of sp³-hybridized carbons (Fsp3) is 0.542. The number of Topliss-reactive ketones (excluding diaryl/α,β-unsaturated/α-hetero) is 1. The van der Waals surface area contributed by atoms with Crippen LogP contribution in [0.1, 0.15) is 66.3 Å². The van der Waals surface area contributed by atoms with E-state index in [-0.39, 0.29) is 5.78 Å². The zero-order valence-electron chi connectivity index (χ0n) is 19.2. The molecule has 0 radical (unpaired) electrons. The molecular weight excluding hydrogens is 424 g/mol. The summed E-state index contributed by atoms with van der Waals surface area (Å²) in [6.45, 7) is 5.65. The fourth-order valence-electron chi connectivity index (χ4n) is 4.62. The van der Waals surface area contributed by atoms with E-state index in [1.54, 1.807) is 13.4 Å². The second-order valence-electron chi connectivity index (χ2n) is 8.44. The Balaban J connectivity index is 1.51. The third kappa shape index (κ3) is 4.86. The SMILES string of the molecule is COCCCn1c(C)cc(C(=O)CSc2nnc(-c3ccco3)n2C2CCCCC2)c1C. The lowest BCUT2D eigenvalue weighted by Crippen LogP contribution is -2.15. The first kappa shape index (κ1) is 22.9. The zero-order valence-corrected chi connectivity index (χ0v) is 20.0. The summed E-state index contributed by atoms with van der Waals surface area (Å²) in [7, 11) is 1.71. The van der Waals surface area contributed by atoms with Crippen molar-refractivity contribution in [2.24, 2.45) is 0 Å². The van der Waals surface area contributed by atoms with Gasteiger partial charge >= 0.3 is 0 Å². The Labute approximate surface area is 193 Å². The molecule has 172 valence electrons. The number of thioether (sulfide) groups is 1. The Morgan fingerprint density at radius 2 is 2.06 bits per heavy atom. The first-order valence-electron chi connectivity index (χ1n) is 11.4. The molecule has 3 heterocycles. The Morgan fingerprint density at radius 3 is 2.78 bits per heavy atom. The number of hydrogen-bond donors (Lipinski definition) is 0. The van der Waals surface area contributed by atoms with Gasteiger partial charge in [-0.1, -0.05) is 31.0 Å². The van der Waals surface area contributed by atoms with Crippen LogP contribution >= 0.6 is 11.8 Å². The van der Waals surface area contributed by atoms with Gasteiger partial charge in [0.2, 0.25) is 5.82 Å². The normalized spacial score (nSPS) is 14.8. The molecule has 0 spiro atoms. The molecule has 0 aliphatic heterocycles. The number of rotatable bonds is 10. The molecule has 1 aliphatic carbocycles. The van der Waals surface area contributed by atoms with Crippen LogP contribution < -0.4 is 0 Å². The van der Waals surface area contributed by atoms with Crippen LogP contribution in [0.4, 0.5) is 0 Å². The van der Waals surface area contributed by atoms with Crippen molar-refractivity contribution in [2.75, 3.05) is 19.5 Å². The van der Waals surface area contributed by atoms with Gasteiger partial charge in [-0.15, -0.1) is 10.2 Å². The molecule has 0 amide bonds. The average Bonchev–Trinajstić information content (AvgIpc) is 3.53. The number of carbonyl (C=O) groups excluding carboxylic acids is 1. The molecule has 0 aromatic carbocycles. The summed E-state index contributed by atoms with van der Waals surface area (Å²) < 4.78 is 15.2. The number of ketones is 1. The number of methoxy groups -OCH3 is 1. The number of aromatic nitrogens is 4. The molecular formula is C24H32N4O3S. The molecule has 1 saturated carbocycles. The highest BCUT2D eigenvalue weighted by molar-refractivity contribution is 7.99. The summed E-state index contributed by atoms with van der Waals surface area (Å²) >= 11 is 1.48. The minimum Gasteiger partial charge on any atom is -0.461 e. The maximum absolute atomic E-state index is 13.1. The van der Waals surface area contributed by atoms with E-state index >= 15 is 0 Å². The van der Waals surface area contributed by atoms with Crippen molar-refractivity contribution < 1.29 is 13.9 Å². The van der Waals surface area contributed by atoms with E-state index in [0.29, 0.717) is 18.4 Å². The van der Waals surface area contributed by atoms with E-state index in [4.69, 9.17) is 9.15 Å². The number of furan rings is 1. The summed E-state index contributed by atoms with van der Waals surface area (Å²) in [5, 5.41) is 9.68. The summed E-state index contributed by atoms with van der Waals surface area (Å²) in [4.78, 5) is 13.1. The lowest BCUT2D eigenvalue weighted by molar-refractivity contribution is 0.102. The van der Waals surface area contributed by atoms with Crippen LogP contribution in [0.25, 0.3) is 11.6 Å². The van der Waals surface area contributed by atoms with E-state index in [2.05, 4.69) is 26.3 Å². The van der Waals surface area contributed by atoms with E-state index < -0.39 is 0 Å². The highest BCUT2D eigenvalue weighted by atomic mass is 32.2. The molecule has 1 fully saturated rings. The van der Waals surface area contributed by atoms with Crippen molar-refractivity contribution in [3.05, 3.63) is 41.4 Å². The summed E-state index contributed by atoms with van der Waals surface area (Å²) in [5.41, 5.74) is 2.93. The number of aryl methyl sites for hydroxylation is 1. The molecule has 0 bridgehead atoms. The minimum absolute atomic E-state index is 0.124. The smallest absolute Gasteiger partial charge is 0.200 e. The first-order valence-corrected chi connectivity index (χ1v) is 12.4. The van der Waals surface area contributed by atoms with Gasteiger partial charge in [-0.2, -0.15) is 0 Å². The van der Waals surface area contributed by atoms with E-state index in [1.807, 2.05) is 25.1 Å². The molecule has 32 heavy (non-hydrogen) atoms. The van der Waals surface area contributed by atoms with Crippen molar-refractivity contribution in [3.63, 3.8) is 0 Å². The maximum atomic E-state index is 13.1. The largest absolute Gasteiger partial charge is 0.461 e. The summed E-state index contributed by atoms with van der Waals surface area (Å²) in [6.07, 6.45) is 8.49. The molecule has 4 rings (SSSR count). The van der Waals surface area contributed by atoms with Crippen LogP contribution in [0, 0.1) is 13.8 Å². The lowest BCUT2D eigenvalue weighted by Gasteiger charge is -2.25. The summed E-state index contributed by atoms with van der Waals surface area (Å²) in [6, 6.07) is 6.14. The molecule has 7 nitrogen and oxygen atoms in total. The van der Waals surface area contributed by atoms with Gasteiger partial charge in [0.25, 0.3) is 0 Å². The van der Waals surface area contributed by atoms with Crippen molar-refractivity contribution in [3.8, 4) is 11.6 Å². The Morgan fingerprint density at radius 1 is 1.25 bits per heavy atom. The fourth-order valence-corrected chi connectivity index (χ4v) is 5.51. The number of hydrogen-bond acceptors (Lipinski definition) is 6. The van der Waals surface area contributed by atoms with Crippen LogP contribution in [0.3, 0.4) is 0 Å². The van der Waals surface area contributed by atoms with Gasteiger partial charge in [-0.05, 0) is 51.3 Å². The monoisotopic (exact) mass is 456 g/mol. The molecule has 0 N–H and O–H groups in total. The number of nitrogens with zero attached hydrogens (tertiary/aromatic N) is 4. The molecule has 0 unspecified atom stereocenters. The second-order valence-corrected chi connectivity index (χ2v) is 9.38. The predicted octanol–water partition coefficient (Wildman–Crippen LogP) is 5.47. The van der Waals surface area contributed by atoms with Crippen molar-refractivity contribution in [2.45, 2.75) is 70.1 Å². The second kappa shape index (κ2) is 10.5. The maximum Gasteiger partial charge on any atom is 0.200 e. The minimum atomic E-state index is 0.124. The van der Waals surface area contributed by atoms with Gasteiger partial charge in [0, 0.05) is 43.3 Å². The molecule has 1 aliphatic rings. The molecule has 8 heteroatoms. The van der Waals surface area contributed by atoms with Crippen molar-refractivity contribution in [1.82, 2.24) is 19.3 Å². The van der Waals surface area contributed by atoms with Crippen LogP contribution in [0.15, 0.2) is 34.0 Å². The topological polar surface area (TPSA) is 75.1 Å². The van der Waals surface area contributed by atoms with Crippen LogP contribution in [-0.2, 0) is 11.3 Å². The molecule has 0 saturated heterocycles. The van der Waals surface area contributed by atoms with Gasteiger partial charge in [0.1, 0.15) is 0 Å². The van der Waals surface area contributed by atoms with Crippen LogP contribution in [0.5, 0.6) is 0 Å². The van der Waals surface area contributed by atoms with Gasteiger partial charge < -0.3 is 13.7 Å². The summed E-state index contributed by atoms with van der Waals surface area (Å²) in [5.74, 6) is 1.94. The number of carbonyl (C=O) groups is 1. The predicted molar refractivity (Wildman–Crippen MR) is 125 cm³/mol. The van der Waals surface area contributed by atoms with E-state index in [1.165, 1.54) is 31.0 Å². The van der Waals surface area contributed by atoms with Crippen LogP contribution in [-0.4, -0.2) is 44.6 Å². The van der Waals surface area contributed by atoms with Crippen LogP contribution in [0.2, 0.25) is 0 Å². The zero-order chi connectivity index (χ0) is 22.5. The first-order chi connectivity index (χ1) is 15.6. The average molecular weight is 457 g/mol. The number of ether oxygens (including phenoxy) is 1. The standard InChI is InChI=1S/C24H32N4O3S/c1-17-15-20(18(2)27(17)12-8-13-30-3)21(29)16-32-24-26-25-23(22-11-7-14-31-22)28(24)19-9-5-4-6-10-19/h7,11,14-15,19H,4-6,8-10,12-13,16H2,1-3H3. The van der Waals surface area contributed by atoms with Crippen molar-refractivity contribution >= 4 is 17.5 Å². The van der Waals surface area contributed by atoms with Crippen molar-refractivity contribution in [1.29, 1.82) is 0 Å². The molecule has 0 atom stereocenters. The van der Waals surface area contributed by atoms with Gasteiger partial charge in [0.05, 0.1) is 12.0 Å². The third-order valence-corrected chi connectivity index (χ3v) is 7.23. The van der Waals surface area contributed by atoms with Gasteiger partial charge in [0.15, 0.2) is 16.7 Å². The quantitative estimate of drug-likeness (QED) is 0.229. The molecule has 3 aromatic heterocycles. The Bertz CT molecular complexity index is 1030. The van der Waals surface area contributed by atoms with E-state index in [0.717, 1.165) is 59.5 Å². The highest BCUT2D eigenvalue weighted by Crippen LogP contribution is 2.36. The highest BCUT2D eigenvalue weighted by Gasteiger charge is 2.26.